The third-order valence-corrected chi connectivity index (χ3v) is 3.30. The molecule has 2 heteroatoms. The highest BCUT2D eigenvalue weighted by molar-refractivity contribution is 6.20. The summed E-state index contributed by atoms with van der Waals surface area (Å²) in [5, 5.41) is 0.429. The highest BCUT2D eigenvalue weighted by atomic mass is 35.5. The fraction of sp³-hybridized carbons (Fsp3) is 1.00. The van der Waals surface area contributed by atoms with Crippen molar-refractivity contribution in [1.29, 1.82) is 0 Å². The van der Waals surface area contributed by atoms with Crippen molar-refractivity contribution in [3.8, 4) is 0 Å². The number of hydrogen-bond donors (Lipinski definition) is 0. The molecule has 0 spiro atoms. The van der Waals surface area contributed by atoms with Crippen LogP contribution in [0.5, 0.6) is 0 Å². The van der Waals surface area contributed by atoms with E-state index in [4.69, 9.17) is 16.3 Å². The molecular formula is C9H15ClO. The second-order valence-corrected chi connectivity index (χ2v) is 4.34. The van der Waals surface area contributed by atoms with Crippen molar-refractivity contribution in [3.05, 3.63) is 0 Å². The third-order valence-electron chi connectivity index (χ3n) is 2.90. The molecule has 0 radical (unpaired) electrons. The summed E-state index contributed by atoms with van der Waals surface area (Å²) in [6, 6.07) is 0. The van der Waals surface area contributed by atoms with E-state index in [0.717, 1.165) is 18.9 Å². The fourth-order valence-corrected chi connectivity index (χ4v) is 2.64. The molecule has 0 amide bonds. The molecule has 1 heterocycles. The summed E-state index contributed by atoms with van der Waals surface area (Å²) in [4.78, 5) is 0. The Balaban J connectivity index is 1.93. The van der Waals surface area contributed by atoms with Crippen LogP contribution in [0, 0.1) is 5.92 Å². The monoisotopic (exact) mass is 174 g/mol. The van der Waals surface area contributed by atoms with Gasteiger partial charge in [0, 0.05) is 12.0 Å². The SMILES string of the molecule is ClC1CCC2OCCCC2C1. The van der Waals surface area contributed by atoms with Gasteiger partial charge < -0.3 is 4.74 Å². The van der Waals surface area contributed by atoms with Crippen molar-refractivity contribution in [2.45, 2.75) is 43.6 Å². The van der Waals surface area contributed by atoms with E-state index in [2.05, 4.69) is 0 Å². The Kier molecular flexibility index (Phi) is 2.38. The van der Waals surface area contributed by atoms with Crippen LogP contribution >= 0.6 is 11.6 Å². The number of ether oxygens (including phenoxy) is 1. The topological polar surface area (TPSA) is 9.23 Å². The minimum Gasteiger partial charge on any atom is -0.378 e. The Morgan fingerprint density at radius 3 is 3.00 bits per heavy atom. The van der Waals surface area contributed by atoms with E-state index in [1.165, 1.54) is 25.7 Å². The summed E-state index contributed by atoms with van der Waals surface area (Å²) >= 11 is 6.08. The zero-order chi connectivity index (χ0) is 7.68. The zero-order valence-corrected chi connectivity index (χ0v) is 7.52. The van der Waals surface area contributed by atoms with E-state index >= 15 is 0 Å². The predicted molar refractivity (Wildman–Crippen MR) is 46.0 cm³/mol. The van der Waals surface area contributed by atoms with Gasteiger partial charge in [0.1, 0.15) is 0 Å². The number of hydrogen-bond acceptors (Lipinski definition) is 1. The number of alkyl halides is 1. The average molecular weight is 175 g/mol. The highest BCUT2D eigenvalue weighted by Crippen LogP contribution is 2.35. The van der Waals surface area contributed by atoms with Gasteiger partial charge >= 0.3 is 0 Å². The van der Waals surface area contributed by atoms with Gasteiger partial charge in [0.25, 0.3) is 0 Å². The molecule has 0 aromatic rings. The van der Waals surface area contributed by atoms with Gasteiger partial charge in [-0.05, 0) is 38.0 Å². The van der Waals surface area contributed by atoms with Crippen LogP contribution in [0.4, 0.5) is 0 Å². The first-order valence-corrected chi connectivity index (χ1v) is 5.05. The Bertz CT molecular complexity index is 138. The molecule has 1 aliphatic heterocycles. The van der Waals surface area contributed by atoms with Crippen LogP contribution in [0.2, 0.25) is 0 Å². The van der Waals surface area contributed by atoms with Crippen LogP contribution in [0.1, 0.15) is 32.1 Å². The molecule has 1 aliphatic carbocycles. The van der Waals surface area contributed by atoms with Crippen LogP contribution in [-0.2, 0) is 4.74 Å². The molecule has 11 heavy (non-hydrogen) atoms. The summed E-state index contributed by atoms with van der Waals surface area (Å²) in [5.74, 6) is 0.778. The normalized spacial score (nSPS) is 45.0. The van der Waals surface area contributed by atoms with E-state index in [9.17, 15) is 0 Å². The molecule has 1 saturated heterocycles. The molecule has 1 saturated carbocycles. The van der Waals surface area contributed by atoms with Crippen molar-refractivity contribution in [3.63, 3.8) is 0 Å². The Labute approximate surface area is 73.1 Å². The van der Waals surface area contributed by atoms with Gasteiger partial charge in [-0.15, -0.1) is 11.6 Å². The first-order chi connectivity index (χ1) is 5.36. The van der Waals surface area contributed by atoms with Crippen LogP contribution in [-0.4, -0.2) is 18.1 Å². The molecular weight excluding hydrogens is 160 g/mol. The van der Waals surface area contributed by atoms with E-state index in [0.29, 0.717) is 11.5 Å². The van der Waals surface area contributed by atoms with Gasteiger partial charge in [-0.3, -0.25) is 0 Å². The van der Waals surface area contributed by atoms with Gasteiger partial charge in [-0.1, -0.05) is 0 Å². The molecule has 0 bridgehead atoms. The molecule has 3 unspecified atom stereocenters. The molecule has 0 N–H and O–H groups in total. The van der Waals surface area contributed by atoms with Crippen molar-refractivity contribution < 1.29 is 4.74 Å². The maximum absolute atomic E-state index is 6.08. The highest BCUT2D eigenvalue weighted by Gasteiger charge is 2.31. The average Bonchev–Trinajstić information content (AvgIpc) is 2.04. The zero-order valence-electron chi connectivity index (χ0n) is 6.76. The third kappa shape index (κ3) is 1.70. The van der Waals surface area contributed by atoms with E-state index < -0.39 is 0 Å². The van der Waals surface area contributed by atoms with Crippen molar-refractivity contribution in [2.75, 3.05) is 6.61 Å². The molecule has 0 aromatic heterocycles. The number of rotatable bonds is 0. The van der Waals surface area contributed by atoms with Gasteiger partial charge in [-0.2, -0.15) is 0 Å². The first kappa shape index (κ1) is 7.88. The molecule has 2 rings (SSSR count). The van der Waals surface area contributed by atoms with Crippen LogP contribution in [0.25, 0.3) is 0 Å². The van der Waals surface area contributed by atoms with Gasteiger partial charge in [0.2, 0.25) is 0 Å². The van der Waals surface area contributed by atoms with Gasteiger partial charge in [0.15, 0.2) is 0 Å². The number of fused-ring (bicyclic) bond motifs is 1. The summed E-state index contributed by atoms with van der Waals surface area (Å²) < 4.78 is 5.67. The van der Waals surface area contributed by atoms with Crippen LogP contribution in [0.3, 0.4) is 0 Å². The largest absolute Gasteiger partial charge is 0.378 e. The van der Waals surface area contributed by atoms with Gasteiger partial charge in [-0.25, -0.2) is 0 Å². The lowest BCUT2D eigenvalue weighted by molar-refractivity contribution is -0.0459. The maximum atomic E-state index is 6.08. The quantitative estimate of drug-likeness (QED) is 0.513. The second-order valence-electron chi connectivity index (χ2n) is 3.72. The number of halogens is 1. The summed E-state index contributed by atoms with van der Waals surface area (Å²) in [6.45, 7) is 0.980. The Morgan fingerprint density at radius 2 is 2.09 bits per heavy atom. The van der Waals surface area contributed by atoms with Gasteiger partial charge in [0.05, 0.1) is 6.10 Å². The maximum Gasteiger partial charge on any atom is 0.0604 e. The summed E-state index contributed by atoms with van der Waals surface area (Å²) in [6.07, 6.45) is 6.67. The minimum atomic E-state index is 0.429. The summed E-state index contributed by atoms with van der Waals surface area (Å²) in [5.41, 5.74) is 0. The van der Waals surface area contributed by atoms with Crippen molar-refractivity contribution >= 4 is 11.6 Å². The Morgan fingerprint density at radius 1 is 1.18 bits per heavy atom. The lowest BCUT2D eigenvalue weighted by Crippen LogP contribution is -2.35. The molecule has 0 aromatic carbocycles. The lowest BCUT2D eigenvalue weighted by atomic mass is 9.82. The van der Waals surface area contributed by atoms with Crippen LogP contribution in [0.15, 0.2) is 0 Å². The molecule has 2 fully saturated rings. The fourth-order valence-electron chi connectivity index (χ4n) is 2.28. The molecule has 3 atom stereocenters. The van der Waals surface area contributed by atoms with Crippen LogP contribution < -0.4 is 0 Å². The molecule has 1 nitrogen and oxygen atoms in total. The predicted octanol–water partition coefficient (Wildman–Crippen LogP) is 2.57. The standard InChI is InChI=1S/C9H15ClO/c10-8-3-4-9-7(6-8)2-1-5-11-9/h7-9H,1-6H2. The Hall–Kier alpha value is 0.250. The minimum absolute atomic E-state index is 0.429. The lowest BCUT2D eigenvalue weighted by Gasteiger charge is -2.37. The van der Waals surface area contributed by atoms with E-state index in [-0.39, 0.29) is 0 Å². The smallest absolute Gasteiger partial charge is 0.0604 e. The van der Waals surface area contributed by atoms with E-state index in [1.54, 1.807) is 0 Å². The van der Waals surface area contributed by atoms with Crippen molar-refractivity contribution in [2.24, 2.45) is 5.92 Å². The van der Waals surface area contributed by atoms with Crippen molar-refractivity contribution in [1.82, 2.24) is 0 Å². The van der Waals surface area contributed by atoms with E-state index in [1.807, 2.05) is 0 Å². The second kappa shape index (κ2) is 3.32. The summed E-state index contributed by atoms with van der Waals surface area (Å²) in [7, 11) is 0. The first-order valence-electron chi connectivity index (χ1n) is 4.62. The molecule has 64 valence electrons. The molecule has 2 aliphatic rings.